The Morgan fingerprint density at radius 1 is 1.02 bits per heavy atom. The number of ether oxygens (including phenoxy) is 1. The lowest BCUT2D eigenvalue weighted by Gasteiger charge is -2.17. The fourth-order valence-electron chi connectivity index (χ4n) is 4.38. The molecule has 0 aromatic carbocycles. The number of carbonyl (C=O) groups excluding carboxylic acids is 2. The molecule has 0 fully saturated rings. The van der Waals surface area contributed by atoms with Crippen molar-refractivity contribution in [3.8, 4) is 16.9 Å². The van der Waals surface area contributed by atoms with Gasteiger partial charge in [-0.15, -0.1) is 0 Å². The topological polar surface area (TPSA) is 123 Å². The Morgan fingerprint density at radius 3 is 2.46 bits per heavy atom. The first-order valence-corrected chi connectivity index (χ1v) is 13.2. The Labute approximate surface area is 240 Å². The van der Waals surface area contributed by atoms with Gasteiger partial charge in [0.25, 0.3) is 11.8 Å². The van der Waals surface area contributed by atoms with Crippen LogP contribution in [0.4, 0.5) is 18.3 Å². The van der Waals surface area contributed by atoms with Crippen LogP contribution in [0.5, 0.6) is 5.75 Å². The number of fused-ring (bicyclic) bond motifs is 1. The van der Waals surface area contributed by atoms with E-state index in [1.54, 1.807) is 19.1 Å². The first kappa shape index (κ1) is 28.4. The smallest absolute Gasteiger partial charge is 0.435 e. The number of anilines is 1. The third-order valence-corrected chi connectivity index (χ3v) is 7.51. The van der Waals surface area contributed by atoms with Crippen molar-refractivity contribution in [3.63, 3.8) is 0 Å². The summed E-state index contributed by atoms with van der Waals surface area (Å²) in [6.07, 6.45) is -1.75. The van der Waals surface area contributed by atoms with Crippen LogP contribution >= 0.6 is 22.9 Å². The minimum Gasteiger partial charge on any atom is -0.494 e. The summed E-state index contributed by atoms with van der Waals surface area (Å²) >= 11 is 7.30. The van der Waals surface area contributed by atoms with Crippen LogP contribution < -0.4 is 10.1 Å². The molecule has 0 atom stereocenters. The molecule has 2 amide bonds. The van der Waals surface area contributed by atoms with Crippen LogP contribution in [-0.2, 0) is 19.3 Å². The summed E-state index contributed by atoms with van der Waals surface area (Å²) in [5, 5.41) is 3.33. The molecule has 0 unspecified atom stereocenters. The van der Waals surface area contributed by atoms with E-state index >= 15 is 0 Å². The Kier molecular flexibility index (Phi) is 7.38. The zero-order valence-electron chi connectivity index (χ0n) is 22.1. The van der Waals surface area contributed by atoms with E-state index in [0.29, 0.717) is 33.4 Å². The van der Waals surface area contributed by atoms with Gasteiger partial charge in [-0.1, -0.05) is 22.9 Å². The maximum absolute atomic E-state index is 13.3. The molecule has 0 saturated carbocycles. The average molecular weight is 604 g/mol. The van der Waals surface area contributed by atoms with E-state index in [0.717, 1.165) is 11.8 Å². The maximum atomic E-state index is 13.3. The number of thiazole rings is 1. The highest BCUT2D eigenvalue weighted by Crippen LogP contribution is 2.36. The van der Waals surface area contributed by atoms with Crippen molar-refractivity contribution in [2.75, 3.05) is 12.4 Å². The van der Waals surface area contributed by atoms with Crippen LogP contribution in [0, 0.1) is 20.8 Å². The lowest BCUT2D eigenvalue weighted by Crippen LogP contribution is -2.28. The third kappa shape index (κ3) is 5.57. The van der Waals surface area contributed by atoms with E-state index in [9.17, 15) is 22.8 Å². The summed E-state index contributed by atoms with van der Waals surface area (Å²) in [7, 11) is 1.49. The Morgan fingerprint density at radius 2 is 1.78 bits per heavy atom. The van der Waals surface area contributed by atoms with Gasteiger partial charge in [-0.25, -0.2) is 19.9 Å². The fraction of sp³-hybridized carbons (Fsp3) is 0.269. The molecule has 10 nitrogen and oxygen atoms in total. The number of aromatic nitrogens is 5. The molecule has 4 aromatic heterocycles. The van der Waals surface area contributed by atoms with E-state index in [1.165, 1.54) is 42.7 Å². The van der Waals surface area contributed by atoms with E-state index in [4.69, 9.17) is 16.3 Å². The number of alkyl halides is 3. The number of carbonyl (C=O) groups is 2. The summed E-state index contributed by atoms with van der Waals surface area (Å²) in [5.74, 6) is -0.591. The lowest BCUT2D eigenvalue weighted by atomic mass is 10.0. The van der Waals surface area contributed by atoms with Crippen LogP contribution in [-0.4, -0.2) is 48.7 Å². The summed E-state index contributed by atoms with van der Waals surface area (Å²) in [4.78, 5) is 48.8. The molecule has 5 heterocycles. The predicted octanol–water partition coefficient (Wildman–Crippen LogP) is 5.40. The average Bonchev–Trinajstić information content (AvgIpc) is 3.47. The number of methoxy groups -OCH3 is 1. The van der Waals surface area contributed by atoms with Crippen LogP contribution in [0.15, 0.2) is 24.5 Å². The zero-order chi connectivity index (χ0) is 29.6. The molecule has 0 aliphatic carbocycles. The van der Waals surface area contributed by atoms with Crippen molar-refractivity contribution in [1.29, 1.82) is 0 Å². The van der Waals surface area contributed by atoms with Crippen LogP contribution in [0.1, 0.15) is 54.2 Å². The number of amides is 2. The summed E-state index contributed by atoms with van der Waals surface area (Å²) in [6.45, 7) is 4.53. The van der Waals surface area contributed by atoms with Gasteiger partial charge in [-0.05, 0) is 32.9 Å². The van der Waals surface area contributed by atoms with Gasteiger partial charge in [0.2, 0.25) is 0 Å². The number of aryl methyl sites for hydroxylation is 3. The number of nitrogens with zero attached hydrogens (tertiary/aromatic N) is 6. The van der Waals surface area contributed by atoms with Crippen LogP contribution in [0.3, 0.4) is 0 Å². The van der Waals surface area contributed by atoms with Crippen LogP contribution in [0.2, 0.25) is 5.15 Å². The van der Waals surface area contributed by atoms with Gasteiger partial charge in [0.1, 0.15) is 16.6 Å². The maximum Gasteiger partial charge on any atom is 0.435 e. The summed E-state index contributed by atoms with van der Waals surface area (Å²) in [6, 6.07) is 3.34. The van der Waals surface area contributed by atoms with Crippen molar-refractivity contribution in [2.24, 2.45) is 0 Å². The second-order valence-corrected chi connectivity index (χ2v) is 10.6. The number of halogens is 4. The highest BCUT2D eigenvalue weighted by atomic mass is 35.5. The second kappa shape index (κ2) is 10.7. The molecule has 0 saturated heterocycles. The van der Waals surface area contributed by atoms with Gasteiger partial charge in [-0.3, -0.25) is 19.9 Å². The van der Waals surface area contributed by atoms with Crippen LogP contribution in [0.25, 0.3) is 11.1 Å². The number of rotatable bonds is 5. The molecule has 0 radical (unpaired) electrons. The van der Waals surface area contributed by atoms with Gasteiger partial charge in [-0.2, -0.15) is 13.2 Å². The number of nitrogens with one attached hydrogen (secondary N) is 1. The van der Waals surface area contributed by atoms with Crippen molar-refractivity contribution in [1.82, 2.24) is 29.8 Å². The monoisotopic (exact) mass is 603 g/mol. The Bertz CT molecular complexity index is 1690. The van der Waals surface area contributed by atoms with E-state index in [1.807, 2.05) is 0 Å². The summed E-state index contributed by atoms with van der Waals surface area (Å²) in [5.41, 5.74) is 0.854. The Hall–Kier alpha value is -4.17. The highest BCUT2D eigenvalue weighted by Gasteiger charge is 2.37. The third-order valence-electron chi connectivity index (χ3n) is 6.31. The molecule has 212 valence electrons. The fourth-order valence-corrected chi connectivity index (χ4v) is 5.52. The standard InChI is InChI=1S/C26H21ClF3N7O3S/c1-11-5-14(15-6-20(27)32-8-18(15)40-4)16(7-31-11)23(38)36-25-35-17-9-37(10-19(17)41-25)24(39)21-12(2)34-22(13(3)33-21)26(28,29)30/h5-8H,9-10H2,1-4H3,(H,35,36,38). The number of hydrogen-bond donors (Lipinski definition) is 1. The van der Waals surface area contributed by atoms with Gasteiger partial charge in [0, 0.05) is 23.0 Å². The quantitative estimate of drug-likeness (QED) is 0.301. The predicted molar refractivity (Wildman–Crippen MR) is 144 cm³/mol. The second-order valence-electron chi connectivity index (χ2n) is 9.17. The molecule has 1 aliphatic heterocycles. The molecule has 0 bridgehead atoms. The molecular weight excluding hydrogens is 583 g/mol. The van der Waals surface area contributed by atoms with Gasteiger partial charge < -0.3 is 9.64 Å². The largest absolute Gasteiger partial charge is 0.494 e. The molecular formula is C26H21ClF3N7O3S. The number of pyridine rings is 2. The molecule has 1 aliphatic rings. The zero-order valence-corrected chi connectivity index (χ0v) is 23.6. The lowest BCUT2D eigenvalue weighted by molar-refractivity contribution is -0.142. The molecule has 4 aromatic rings. The molecule has 5 rings (SSSR count). The normalized spacial score (nSPS) is 12.8. The minimum atomic E-state index is -4.67. The molecule has 0 spiro atoms. The number of hydrogen-bond acceptors (Lipinski definition) is 9. The van der Waals surface area contributed by atoms with Gasteiger partial charge >= 0.3 is 6.18 Å². The summed E-state index contributed by atoms with van der Waals surface area (Å²) < 4.78 is 44.9. The molecule has 15 heteroatoms. The van der Waals surface area contributed by atoms with Crippen molar-refractivity contribution in [3.05, 3.63) is 74.3 Å². The first-order valence-electron chi connectivity index (χ1n) is 12.0. The van der Waals surface area contributed by atoms with E-state index < -0.39 is 23.7 Å². The van der Waals surface area contributed by atoms with E-state index in [-0.39, 0.29) is 40.9 Å². The van der Waals surface area contributed by atoms with Crippen molar-refractivity contribution >= 4 is 39.9 Å². The van der Waals surface area contributed by atoms with Gasteiger partial charge in [0.15, 0.2) is 10.8 Å². The first-order chi connectivity index (χ1) is 19.3. The van der Waals surface area contributed by atoms with Gasteiger partial charge in [0.05, 0.1) is 53.9 Å². The Balaban J connectivity index is 1.34. The molecule has 1 N–H and O–H groups in total. The van der Waals surface area contributed by atoms with Crippen molar-refractivity contribution < 1.29 is 27.5 Å². The van der Waals surface area contributed by atoms with E-state index in [2.05, 4.69) is 30.2 Å². The SMILES string of the molecule is COc1cnc(Cl)cc1-c1cc(C)ncc1C(=O)Nc1nc2c(s1)CN(C(=O)c1nc(C)c(C(F)(F)F)nc1C)C2. The van der Waals surface area contributed by atoms with Crippen molar-refractivity contribution in [2.45, 2.75) is 40.0 Å². The highest BCUT2D eigenvalue weighted by molar-refractivity contribution is 7.16. The minimum absolute atomic E-state index is 0.103. The molecule has 41 heavy (non-hydrogen) atoms.